The van der Waals surface area contributed by atoms with Gasteiger partial charge in [-0.1, -0.05) is 18.2 Å². The van der Waals surface area contributed by atoms with E-state index in [0.29, 0.717) is 41.9 Å². The quantitative estimate of drug-likeness (QED) is 0.818. The topological polar surface area (TPSA) is 87.6 Å². The fourth-order valence-corrected chi connectivity index (χ4v) is 3.54. The van der Waals surface area contributed by atoms with Crippen LogP contribution in [0.1, 0.15) is 32.3 Å². The molecular weight excluding hydrogens is 333 g/mol. The average molecular weight is 353 g/mol. The van der Waals surface area contributed by atoms with Crippen LogP contribution in [0.4, 0.5) is 4.39 Å². The van der Waals surface area contributed by atoms with Crippen LogP contribution in [-0.4, -0.2) is 26.6 Å². The Morgan fingerprint density at radius 2 is 1.96 bits per heavy atom. The molecule has 0 fully saturated rings. The number of allylic oxidation sites excluding steroid dienone is 2. The second kappa shape index (κ2) is 7.57. The largest absolute Gasteiger partial charge is 0.356 e. The van der Waals surface area contributed by atoms with Gasteiger partial charge in [0.15, 0.2) is 0 Å². The summed E-state index contributed by atoms with van der Waals surface area (Å²) in [5, 5.41) is 2.74. The van der Waals surface area contributed by atoms with Crippen LogP contribution in [0.15, 0.2) is 39.9 Å². The lowest BCUT2D eigenvalue weighted by Crippen LogP contribution is -2.29. The summed E-state index contributed by atoms with van der Waals surface area (Å²) in [4.78, 5) is 11.9. The van der Waals surface area contributed by atoms with Crippen molar-refractivity contribution in [1.82, 2.24) is 10.0 Å². The molecule has 2 rings (SSSR count). The molecule has 130 valence electrons. The summed E-state index contributed by atoms with van der Waals surface area (Å²) in [7, 11) is -3.66. The summed E-state index contributed by atoms with van der Waals surface area (Å²) in [6, 6.07) is 6.44. The van der Waals surface area contributed by atoms with Crippen LogP contribution in [0.5, 0.6) is 0 Å². The van der Waals surface area contributed by atoms with Crippen LogP contribution in [0, 0.1) is 5.82 Å². The van der Waals surface area contributed by atoms with Gasteiger partial charge in [0.2, 0.25) is 5.91 Å². The maximum Gasteiger partial charge on any atom is 0.342 e. The fourth-order valence-electron chi connectivity index (χ4n) is 2.52. The van der Waals surface area contributed by atoms with Crippen LogP contribution in [0.2, 0.25) is 0 Å². The molecule has 1 aliphatic rings. The second-order valence-corrected chi connectivity index (χ2v) is 6.89. The van der Waals surface area contributed by atoms with Crippen molar-refractivity contribution < 1.29 is 17.6 Å². The molecule has 0 radical (unpaired) electrons. The lowest BCUT2D eigenvalue weighted by atomic mass is 10.0. The van der Waals surface area contributed by atoms with E-state index in [4.69, 9.17) is 0 Å². The predicted molar refractivity (Wildman–Crippen MR) is 90.2 cm³/mol. The minimum atomic E-state index is -3.66. The molecule has 0 atom stereocenters. The van der Waals surface area contributed by atoms with E-state index in [1.54, 1.807) is 32.0 Å². The van der Waals surface area contributed by atoms with Crippen molar-refractivity contribution in [1.29, 1.82) is 0 Å². The summed E-state index contributed by atoms with van der Waals surface area (Å²) < 4.78 is 42.2. The molecule has 0 aromatic heterocycles. The van der Waals surface area contributed by atoms with Crippen molar-refractivity contribution in [2.24, 2.45) is 4.40 Å². The van der Waals surface area contributed by atoms with Gasteiger partial charge in [0.25, 0.3) is 0 Å². The highest BCUT2D eigenvalue weighted by Gasteiger charge is 2.20. The number of hydrogen-bond donors (Lipinski definition) is 2. The Kier molecular flexibility index (Phi) is 5.71. The van der Waals surface area contributed by atoms with Crippen LogP contribution in [-0.2, 0) is 21.4 Å². The first-order chi connectivity index (χ1) is 11.3. The SMILES string of the molecule is CC1=NS(=O)(=O)NC(C)=C1CCC(=O)NCCc1ccccc1F. The number of amides is 1. The minimum Gasteiger partial charge on any atom is -0.356 e. The molecule has 8 heteroatoms. The van der Waals surface area contributed by atoms with Crippen molar-refractivity contribution in [3.05, 3.63) is 46.9 Å². The molecular formula is C16H20FN3O3S. The lowest BCUT2D eigenvalue weighted by molar-refractivity contribution is -0.121. The van der Waals surface area contributed by atoms with Crippen LogP contribution < -0.4 is 10.0 Å². The molecule has 1 amide bonds. The maximum absolute atomic E-state index is 13.5. The molecule has 1 aliphatic heterocycles. The van der Waals surface area contributed by atoms with Gasteiger partial charge in [-0.3, -0.25) is 9.52 Å². The van der Waals surface area contributed by atoms with E-state index in [9.17, 15) is 17.6 Å². The average Bonchev–Trinajstić information content (AvgIpc) is 2.47. The van der Waals surface area contributed by atoms with E-state index >= 15 is 0 Å². The van der Waals surface area contributed by atoms with Crippen LogP contribution >= 0.6 is 0 Å². The van der Waals surface area contributed by atoms with Gasteiger partial charge in [-0.05, 0) is 43.9 Å². The number of halogens is 1. The molecule has 0 bridgehead atoms. The van der Waals surface area contributed by atoms with E-state index < -0.39 is 10.2 Å². The summed E-state index contributed by atoms with van der Waals surface area (Å²) >= 11 is 0. The highest BCUT2D eigenvalue weighted by atomic mass is 32.2. The molecule has 0 saturated heterocycles. The summed E-state index contributed by atoms with van der Waals surface area (Å²) in [6.45, 7) is 3.59. The second-order valence-electron chi connectivity index (χ2n) is 5.55. The van der Waals surface area contributed by atoms with Gasteiger partial charge < -0.3 is 5.32 Å². The summed E-state index contributed by atoms with van der Waals surface area (Å²) in [5.41, 5.74) is 2.15. The Labute approximate surface area is 141 Å². The third kappa shape index (κ3) is 4.89. The molecule has 1 heterocycles. The Hall–Kier alpha value is -2.22. The van der Waals surface area contributed by atoms with Crippen molar-refractivity contribution in [2.75, 3.05) is 6.54 Å². The zero-order valence-corrected chi connectivity index (χ0v) is 14.4. The van der Waals surface area contributed by atoms with Crippen LogP contribution in [0.25, 0.3) is 0 Å². The first-order valence-corrected chi connectivity index (χ1v) is 9.02. The zero-order valence-electron chi connectivity index (χ0n) is 13.6. The van der Waals surface area contributed by atoms with Crippen LogP contribution in [0.3, 0.4) is 0 Å². The summed E-state index contributed by atoms with van der Waals surface area (Å²) in [6.07, 6.45) is 1.01. The molecule has 1 aromatic rings. The van der Waals surface area contributed by atoms with Gasteiger partial charge in [0, 0.05) is 18.7 Å². The van der Waals surface area contributed by atoms with Crippen molar-refractivity contribution in [3.63, 3.8) is 0 Å². The van der Waals surface area contributed by atoms with E-state index in [2.05, 4.69) is 14.4 Å². The third-order valence-electron chi connectivity index (χ3n) is 3.70. The lowest BCUT2D eigenvalue weighted by Gasteiger charge is -2.17. The molecule has 1 aromatic carbocycles. The van der Waals surface area contributed by atoms with Gasteiger partial charge in [0.1, 0.15) is 5.82 Å². The predicted octanol–water partition coefficient (Wildman–Crippen LogP) is 1.85. The first-order valence-electron chi connectivity index (χ1n) is 7.58. The number of rotatable bonds is 6. The molecule has 0 saturated carbocycles. The molecule has 0 spiro atoms. The number of carbonyl (C=O) groups excluding carboxylic acids is 1. The number of nitrogens with zero attached hydrogens (tertiary/aromatic N) is 1. The van der Waals surface area contributed by atoms with Gasteiger partial charge >= 0.3 is 10.2 Å². The van der Waals surface area contributed by atoms with E-state index in [1.165, 1.54) is 6.07 Å². The van der Waals surface area contributed by atoms with Gasteiger partial charge in [0.05, 0.1) is 5.71 Å². The van der Waals surface area contributed by atoms with E-state index in [1.807, 2.05) is 0 Å². The Morgan fingerprint density at radius 3 is 2.62 bits per heavy atom. The number of benzene rings is 1. The minimum absolute atomic E-state index is 0.173. The van der Waals surface area contributed by atoms with Gasteiger partial charge in [-0.25, -0.2) is 4.39 Å². The van der Waals surface area contributed by atoms with E-state index in [0.717, 1.165) is 0 Å². The fraction of sp³-hybridized carbons (Fsp3) is 0.375. The standard InChI is InChI=1S/C16H20FN3O3S/c1-11-14(12(2)20-24(22,23)19-11)7-8-16(21)18-10-9-13-5-3-4-6-15(13)17/h3-6,19H,7-10H2,1-2H3,(H,18,21). The molecule has 24 heavy (non-hydrogen) atoms. The van der Waals surface area contributed by atoms with Gasteiger partial charge in [-0.15, -0.1) is 4.40 Å². The molecule has 0 unspecified atom stereocenters. The number of carbonyl (C=O) groups is 1. The molecule has 2 N–H and O–H groups in total. The third-order valence-corrected chi connectivity index (χ3v) is 4.78. The van der Waals surface area contributed by atoms with Gasteiger partial charge in [-0.2, -0.15) is 8.42 Å². The van der Waals surface area contributed by atoms with Crippen molar-refractivity contribution >= 4 is 21.8 Å². The van der Waals surface area contributed by atoms with E-state index in [-0.39, 0.29) is 18.1 Å². The van der Waals surface area contributed by atoms with Crippen molar-refractivity contribution in [3.8, 4) is 0 Å². The summed E-state index contributed by atoms with van der Waals surface area (Å²) in [5.74, 6) is -0.457. The monoisotopic (exact) mass is 353 g/mol. The highest BCUT2D eigenvalue weighted by molar-refractivity contribution is 7.88. The highest BCUT2D eigenvalue weighted by Crippen LogP contribution is 2.17. The Balaban J connectivity index is 1.82. The molecule has 6 nitrogen and oxygen atoms in total. The maximum atomic E-state index is 13.5. The normalized spacial score (nSPS) is 16.4. The Morgan fingerprint density at radius 1 is 1.25 bits per heavy atom. The van der Waals surface area contributed by atoms with Crippen molar-refractivity contribution in [2.45, 2.75) is 33.1 Å². The number of nitrogens with one attached hydrogen (secondary N) is 2. The smallest absolute Gasteiger partial charge is 0.342 e. The molecule has 0 aliphatic carbocycles. The zero-order chi connectivity index (χ0) is 17.7. The Bertz CT molecular complexity index is 801. The number of hydrogen-bond acceptors (Lipinski definition) is 3. The first kappa shape index (κ1) is 18.1.